The average molecular weight is 239 g/mol. The summed E-state index contributed by atoms with van der Waals surface area (Å²) in [5.74, 6) is -0.489. The number of carbonyl (C=O) groups is 1. The van der Waals surface area contributed by atoms with Gasteiger partial charge in [0.1, 0.15) is 5.82 Å². The van der Waals surface area contributed by atoms with Crippen molar-refractivity contribution >= 4 is 11.7 Å². The Kier molecular flexibility index (Phi) is 4.07. The Hall–Kier alpha value is -1.62. The lowest BCUT2D eigenvalue weighted by Gasteiger charge is -2.20. The molecule has 0 bridgehead atoms. The van der Waals surface area contributed by atoms with E-state index in [0.717, 1.165) is 0 Å². The Morgan fingerprint density at radius 1 is 1.41 bits per heavy atom. The third-order valence-corrected chi connectivity index (χ3v) is 2.01. The summed E-state index contributed by atoms with van der Waals surface area (Å²) in [6.45, 7) is 5.81. The van der Waals surface area contributed by atoms with E-state index >= 15 is 0 Å². The first-order chi connectivity index (χ1) is 7.81. The van der Waals surface area contributed by atoms with Crippen LogP contribution in [0.3, 0.4) is 0 Å². The quantitative estimate of drug-likeness (QED) is 0.740. The number of nitrogens with one attached hydrogen (secondary N) is 2. The second-order valence-electron chi connectivity index (χ2n) is 4.85. The standard InChI is InChI=1S/C12H18FN3O/c1-12(2,3)16-11(17)15-10-5-4-8(7-14)6-9(10)13/h4-6H,7,14H2,1-3H3,(H2,15,16,17). The van der Waals surface area contributed by atoms with E-state index in [9.17, 15) is 9.18 Å². The number of rotatable bonds is 2. The molecule has 0 aliphatic heterocycles. The average Bonchev–Trinajstić information content (AvgIpc) is 2.18. The Balaban J connectivity index is 2.72. The van der Waals surface area contributed by atoms with E-state index in [-0.39, 0.29) is 17.8 Å². The minimum Gasteiger partial charge on any atom is -0.333 e. The smallest absolute Gasteiger partial charge is 0.319 e. The van der Waals surface area contributed by atoms with Crippen molar-refractivity contribution in [1.82, 2.24) is 5.32 Å². The SMILES string of the molecule is CC(C)(C)NC(=O)Nc1ccc(CN)cc1F. The molecule has 0 radical (unpaired) electrons. The number of hydrogen-bond donors (Lipinski definition) is 3. The molecule has 2 amide bonds. The molecule has 0 fully saturated rings. The molecule has 0 unspecified atom stereocenters. The second-order valence-corrected chi connectivity index (χ2v) is 4.85. The van der Waals surface area contributed by atoms with Gasteiger partial charge < -0.3 is 16.4 Å². The number of hydrogen-bond acceptors (Lipinski definition) is 2. The highest BCUT2D eigenvalue weighted by molar-refractivity contribution is 5.89. The first-order valence-electron chi connectivity index (χ1n) is 5.39. The lowest BCUT2D eigenvalue weighted by atomic mass is 10.1. The highest BCUT2D eigenvalue weighted by atomic mass is 19.1. The van der Waals surface area contributed by atoms with Gasteiger partial charge in [0.05, 0.1) is 5.69 Å². The van der Waals surface area contributed by atoms with Crippen molar-refractivity contribution in [1.29, 1.82) is 0 Å². The molecule has 0 heterocycles. The van der Waals surface area contributed by atoms with Crippen LogP contribution in [0, 0.1) is 5.82 Å². The van der Waals surface area contributed by atoms with Crippen LogP contribution in [-0.4, -0.2) is 11.6 Å². The van der Waals surface area contributed by atoms with Gasteiger partial charge in [0.2, 0.25) is 0 Å². The van der Waals surface area contributed by atoms with Crippen molar-refractivity contribution in [3.63, 3.8) is 0 Å². The van der Waals surface area contributed by atoms with Crippen LogP contribution in [0.15, 0.2) is 18.2 Å². The van der Waals surface area contributed by atoms with E-state index in [1.54, 1.807) is 6.07 Å². The predicted molar refractivity (Wildman–Crippen MR) is 66.2 cm³/mol. The van der Waals surface area contributed by atoms with Gasteiger partial charge in [-0.25, -0.2) is 9.18 Å². The van der Waals surface area contributed by atoms with Crippen LogP contribution in [0.5, 0.6) is 0 Å². The maximum atomic E-state index is 13.5. The van der Waals surface area contributed by atoms with Gasteiger partial charge in [-0.3, -0.25) is 0 Å². The maximum Gasteiger partial charge on any atom is 0.319 e. The second kappa shape index (κ2) is 5.14. The maximum absolute atomic E-state index is 13.5. The van der Waals surface area contributed by atoms with Crippen molar-refractivity contribution in [3.05, 3.63) is 29.6 Å². The van der Waals surface area contributed by atoms with Gasteiger partial charge >= 0.3 is 6.03 Å². The molecule has 5 heteroatoms. The molecule has 0 atom stereocenters. The highest BCUT2D eigenvalue weighted by Crippen LogP contribution is 2.15. The zero-order valence-corrected chi connectivity index (χ0v) is 10.3. The molecule has 4 nitrogen and oxygen atoms in total. The Labute approximate surface area is 100 Å². The summed E-state index contributed by atoms with van der Waals surface area (Å²) < 4.78 is 13.5. The Bertz CT molecular complexity index is 413. The fourth-order valence-corrected chi connectivity index (χ4v) is 1.28. The first kappa shape index (κ1) is 13.4. The summed E-state index contributed by atoms with van der Waals surface area (Å²) in [6, 6.07) is 4.05. The molecule has 0 aromatic heterocycles. The molecule has 0 aliphatic carbocycles. The number of halogens is 1. The van der Waals surface area contributed by atoms with Gasteiger partial charge in [0, 0.05) is 12.1 Å². The summed E-state index contributed by atoms with van der Waals surface area (Å²) in [5, 5.41) is 5.13. The van der Waals surface area contributed by atoms with Crippen molar-refractivity contribution in [3.8, 4) is 0 Å². The van der Waals surface area contributed by atoms with Crippen LogP contribution in [0.2, 0.25) is 0 Å². The number of anilines is 1. The molecule has 0 saturated heterocycles. The van der Waals surface area contributed by atoms with Gasteiger partial charge in [-0.05, 0) is 38.5 Å². The normalized spacial score (nSPS) is 11.1. The zero-order valence-electron chi connectivity index (χ0n) is 10.3. The Morgan fingerprint density at radius 2 is 2.06 bits per heavy atom. The van der Waals surface area contributed by atoms with Gasteiger partial charge in [0.25, 0.3) is 0 Å². The minimum absolute atomic E-state index is 0.143. The molecular weight excluding hydrogens is 221 g/mol. The van der Waals surface area contributed by atoms with Crippen molar-refractivity contribution in [2.75, 3.05) is 5.32 Å². The van der Waals surface area contributed by atoms with Gasteiger partial charge in [-0.15, -0.1) is 0 Å². The molecule has 0 aliphatic rings. The largest absolute Gasteiger partial charge is 0.333 e. The molecule has 1 rings (SSSR count). The lowest BCUT2D eigenvalue weighted by Crippen LogP contribution is -2.43. The van der Waals surface area contributed by atoms with E-state index in [1.165, 1.54) is 12.1 Å². The van der Waals surface area contributed by atoms with Crippen molar-refractivity contribution in [2.24, 2.45) is 5.73 Å². The van der Waals surface area contributed by atoms with E-state index in [0.29, 0.717) is 5.56 Å². The molecule has 0 saturated carbocycles. The zero-order chi connectivity index (χ0) is 13.1. The van der Waals surface area contributed by atoms with Crippen LogP contribution >= 0.6 is 0 Å². The molecule has 94 valence electrons. The number of urea groups is 1. The third kappa shape index (κ3) is 4.40. The predicted octanol–water partition coefficient (Wildman–Crippen LogP) is 2.20. The molecule has 4 N–H and O–H groups in total. The number of amides is 2. The first-order valence-corrected chi connectivity index (χ1v) is 5.39. The number of benzene rings is 1. The van der Waals surface area contributed by atoms with Gasteiger partial charge in [0.15, 0.2) is 0 Å². The van der Waals surface area contributed by atoms with Crippen LogP contribution in [0.4, 0.5) is 14.9 Å². The summed E-state index contributed by atoms with van der Waals surface area (Å²) >= 11 is 0. The van der Waals surface area contributed by atoms with Crippen LogP contribution in [0.25, 0.3) is 0 Å². The van der Waals surface area contributed by atoms with Crippen LogP contribution in [-0.2, 0) is 6.54 Å². The summed E-state index contributed by atoms with van der Waals surface area (Å²) in [7, 11) is 0. The molecule has 17 heavy (non-hydrogen) atoms. The topological polar surface area (TPSA) is 67.2 Å². The van der Waals surface area contributed by atoms with E-state index < -0.39 is 11.8 Å². The van der Waals surface area contributed by atoms with E-state index in [2.05, 4.69) is 10.6 Å². The van der Waals surface area contributed by atoms with Crippen molar-refractivity contribution < 1.29 is 9.18 Å². The number of carbonyl (C=O) groups excluding carboxylic acids is 1. The fourth-order valence-electron chi connectivity index (χ4n) is 1.28. The fraction of sp³-hybridized carbons (Fsp3) is 0.417. The van der Waals surface area contributed by atoms with Gasteiger partial charge in [-0.1, -0.05) is 6.07 Å². The molecular formula is C12H18FN3O. The van der Waals surface area contributed by atoms with E-state index in [1.807, 2.05) is 20.8 Å². The highest BCUT2D eigenvalue weighted by Gasteiger charge is 2.14. The number of nitrogens with two attached hydrogens (primary N) is 1. The summed E-state index contributed by atoms with van der Waals surface area (Å²) in [4.78, 5) is 11.5. The third-order valence-electron chi connectivity index (χ3n) is 2.01. The van der Waals surface area contributed by atoms with E-state index in [4.69, 9.17) is 5.73 Å². The molecule has 1 aromatic carbocycles. The summed E-state index contributed by atoms with van der Waals surface area (Å²) in [6.07, 6.45) is 0. The van der Waals surface area contributed by atoms with Crippen molar-refractivity contribution in [2.45, 2.75) is 32.9 Å². The van der Waals surface area contributed by atoms with Crippen LogP contribution < -0.4 is 16.4 Å². The summed E-state index contributed by atoms with van der Waals surface area (Å²) in [5.41, 5.74) is 5.85. The Morgan fingerprint density at radius 3 is 2.53 bits per heavy atom. The van der Waals surface area contributed by atoms with Crippen LogP contribution in [0.1, 0.15) is 26.3 Å². The monoisotopic (exact) mass is 239 g/mol. The molecule has 1 aromatic rings. The van der Waals surface area contributed by atoms with Gasteiger partial charge in [-0.2, -0.15) is 0 Å². The molecule has 0 spiro atoms. The lowest BCUT2D eigenvalue weighted by molar-refractivity contribution is 0.243. The minimum atomic E-state index is -0.489.